The molecule has 0 fully saturated rings. The summed E-state index contributed by atoms with van der Waals surface area (Å²) in [4.78, 5) is 0. The van der Waals surface area contributed by atoms with Gasteiger partial charge in [0.1, 0.15) is 0 Å². The third kappa shape index (κ3) is 2.24. The molecule has 0 amide bonds. The second kappa shape index (κ2) is 4.43. The molecule has 1 heteroatoms. The van der Waals surface area contributed by atoms with Crippen molar-refractivity contribution in [2.24, 2.45) is 0 Å². The van der Waals surface area contributed by atoms with Crippen molar-refractivity contribution in [2.45, 2.75) is 19.3 Å². The molecule has 0 aliphatic carbocycles. The lowest BCUT2D eigenvalue weighted by Gasteiger charge is -2.12. The van der Waals surface area contributed by atoms with Crippen LogP contribution in [0.4, 0.5) is 0 Å². The first kappa shape index (κ1) is 9.47. The standard InChI is InChI=1S/C13H16O/c1-11-7-8-13(10-14-9-11)12-5-3-2-4-6-12/h2-7,13H,8-10H2,1H3. The van der Waals surface area contributed by atoms with Crippen LogP contribution in [-0.4, -0.2) is 13.2 Å². The average molecular weight is 188 g/mol. The van der Waals surface area contributed by atoms with Gasteiger partial charge >= 0.3 is 0 Å². The number of ether oxygens (including phenoxy) is 1. The lowest BCUT2D eigenvalue weighted by molar-refractivity contribution is 0.146. The van der Waals surface area contributed by atoms with Crippen molar-refractivity contribution in [3.63, 3.8) is 0 Å². The van der Waals surface area contributed by atoms with Gasteiger partial charge in [0, 0.05) is 5.92 Å². The number of allylic oxidation sites excluding steroid dienone is 1. The zero-order valence-corrected chi connectivity index (χ0v) is 8.57. The summed E-state index contributed by atoms with van der Waals surface area (Å²) in [5, 5.41) is 0. The molecule has 1 atom stereocenters. The van der Waals surface area contributed by atoms with E-state index in [4.69, 9.17) is 4.74 Å². The maximum absolute atomic E-state index is 5.61. The van der Waals surface area contributed by atoms with Gasteiger partial charge in [-0.2, -0.15) is 0 Å². The molecule has 0 aromatic heterocycles. The molecule has 0 spiro atoms. The van der Waals surface area contributed by atoms with E-state index in [1.54, 1.807) is 0 Å². The Morgan fingerprint density at radius 3 is 2.79 bits per heavy atom. The average Bonchev–Trinajstić information content (AvgIpc) is 2.44. The Kier molecular flexibility index (Phi) is 3.00. The van der Waals surface area contributed by atoms with Crippen molar-refractivity contribution < 1.29 is 4.74 Å². The fourth-order valence-corrected chi connectivity index (χ4v) is 1.79. The smallest absolute Gasteiger partial charge is 0.0674 e. The summed E-state index contributed by atoms with van der Waals surface area (Å²) in [6.07, 6.45) is 3.40. The van der Waals surface area contributed by atoms with Gasteiger partial charge in [-0.25, -0.2) is 0 Å². The highest BCUT2D eigenvalue weighted by Gasteiger charge is 2.12. The van der Waals surface area contributed by atoms with Crippen LogP contribution in [0, 0.1) is 0 Å². The van der Waals surface area contributed by atoms with E-state index in [0.29, 0.717) is 5.92 Å². The van der Waals surface area contributed by atoms with Crippen LogP contribution < -0.4 is 0 Å². The number of hydrogen-bond acceptors (Lipinski definition) is 1. The molecule has 1 unspecified atom stereocenters. The first-order valence-corrected chi connectivity index (χ1v) is 5.14. The minimum absolute atomic E-state index is 0.536. The summed E-state index contributed by atoms with van der Waals surface area (Å²) in [6, 6.07) is 10.6. The molecule has 1 aliphatic heterocycles. The molecule has 14 heavy (non-hydrogen) atoms. The minimum atomic E-state index is 0.536. The van der Waals surface area contributed by atoms with E-state index in [1.807, 2.05) is 0 Å². The fourth-order valence-electron chi connectivity index (χ4n) is 1.79. The van der Waals surface area contributed by atoms with Gasteiger partial charge < -0.3 is 4.74 Å². The lowest BCUT2D eigenvalue weighted by atomic mass is 9.96. The molecule has 0 saturated heterocycles. The molecular weight excluding hydrogens is 172 g/mol. The first-order valence-electron chi connectivity index (χ1n) is 5.14. The zero-order valence-electron chi connectivity index (χ0n) is 8.57. The molecule has 0 N–H and O–H groups in total. The third-order valence-electron chi connectivity index (χ3n) is 2.67. The molecule has 0 bridgehead atoms. The van der Waals surface area contributed by atoms with Crippen molar-refractivity contribution in [2.75, 3.05) is 13.2 Å². The van der Waals surface area contributed by atoms with Crippen LogP contribution in [0.3, 0.4) is 0 Å². The third-order valence-corrected chi connectivity index (χ3v) is 2.67. The molecule has 1 aromatic rings. The molecule has 1 nitrogen and oxygen atoms in total. The molecule has 1 heterocycles. The van der Waals surface area contributed by atoms with Crippen LogP contribution in [0.15, 0.2) is 42.0 Å². The van der Waals surface area contributed by atoms with Gasteiger partial charge in [-0.15, -0.1) is 0 Å². The number of rotatable bonds is 1. The Balaban J connectivity index is 2.12. The van der Waals surface area contributed by atoms with Crippen LogP contribution in [0.1, 0.15) is 24.8 Å². The van der Waals surface area contributed by atoms with Crippen molar-refractivity contribution >= 4 is 0 Å². The maximum Gasteiger partial charge on any atom is 0.0674 e. The van der Waals surface area contributed by atoms with Crippen molar-refractivity contribution in [3.05, 3.63) is 47.5 Å². The van der Waals surface area contributed by atoms with E-state index in [9.17, 15) is 0 Å². The van der Waals surface area contributed by atoms with Crippen LogP contribution in [0.25, 0.3) is 0 Å². The van der Waals surface area contributed by atoms with Crippen LogP contribution in [0.2, 0.25) is 0 Å². The Morgan fingerprint density at radius 1 is 1.21 bits per heavy atom. The zero-order chi connectivity index (χ0) is 9.80. The van der Waals surface area contributed by atoms with E-state index in [1.165, 1.54) is 11.1 Å². The monoisotopic (exact) mass is 188 g/mol. The van der Waals surface area contributed by atoms with Gasteiger partial charge in [0.05, 0.1) is 13.2 Å². The predicted molar refractivity (Wildman–Crippen MR) is 58.4 cm³/mol. The van der Waals surface area contributed by atoms with Gasteiger partial charge in [-0.3, -0.25) is 0 Å². The van der Waals surface area contributed by atoms with Crippen molar-refractivity contribution in [1.29, 1.82) is 0 Å². The molecular formula is C13H16O. The van der Waals surface area contributed by atoms with E-state index in [0.717, 1.165) is 19.6 Å². The largest absolute Gasteiger partial charge is 0.376 e. The minimum Gasteiger partial charge on any atom is -0.376 e. The normalized spacial score (nSPS) is 22.6. The Bertz CT molecular complexity index is 313. The van der Waals surface area contributed by atoms with Gasteiger partial charge in [0.25, 0.3) is 0 Å². The van der Waals surface area contributed by atoms with E-state index < -0.39 is 0 Å². The van der Waals surface area contributed by atoms with Crippen LogP contribution >= 0.6 is 0 Å². The summed E-state index contributed by atoms with van der Waals surface area (Å²) in [6.45, 7) is 3.77. The van der Waals surface area contributed by atoms with Crippen LogP contribution in [-0.2, 0) is 4.74 Å². The molecule has 74 valence electrons. The van der Waals surface area contributed by atoms with Gasteiger partial charge in [0.2, 0.25) is 0 Å². The topological polar surface area (TPSA) is 9.23 Å². The fraction of sp³-hybridized carbons (Fsp3) is 0.385. The Hall–Kier alpha value is -1.08. The summed E-state index contributed by atoms with van der Waals surface area (Å²) < 4.78 is 5.61. The number of benzene rings is 1. The first-order chi connectivity index (χ1) is 6.86. The molecule has 1 aromatic carbocycles. The summed E-state index contributed by atoms with van der Waals surface area (Å²) in [5.74, 6) is 0.536. The molecule has 0 saturated carbocycles. The summed E-state index contributed by atoms with van der Waals surface area (Å²) in [5.41, 5.74) is 2.74. The van der Waals surface area contributed by atoms with Crippen molar-refractivity contribution in [3.8, 4) is 0 Å². The molecule has 1 aliphatic rings. The Labute approximate surface area is 85.4 Å². The summed E-state index contributed by atoms with van der Waals surface area (Å²) >= 11 is 0. The molecule has 0 radical (unpaired) electrons. The highest BCUT2D eigenvalue weighted by molar-refractivity contribution is 5.21. The quantitative estimate of drug-likeness (QED) is 0.615. The van der Waals surface area contributed by atoms with Gasteiger partial charge in [-0.1, -0.05) is 42.0 Å². The SMILES string of the molecule is CC1=CCC(c2ccccc2)COC1. The number of hydrogen-bond donors (Lipinski definition) is 0. The highest BCUT2D eigenvalue weighted by atomic mass is 16.5. The summed E-state index contributed by atoms with van der Waals surface area (Å²) in [7, 11) is 0. The van der Waals surface area contributed by atoms with E-state index >= 15 is 0 Å². The van der Waals surface area contributed by atoms with Crippen LogP contribution in [0.5, 0.6) is 0 Å². The van der Waals surface area contributed by atoms with E-state index in [-0.39, 0.29) is 0 Å². The molecule has 2 rings (SSSR count). The second-order valence-electron chi connectivity index (χ2n) is 3.91. The predicted octanol–water partition coefficient (Wildman–Crippen LogP) is 3.14. The maximum atomic E-state index is 5.61. The lowest BCUT2D eigenvalue weighted by Crippen LogP contribution is -2.05. The Morgan fingerprint density at radius 2 is 2.00 bits per heavy atom. The highest BCUT2D eigenvalue weighted by Crippen LogP contribution is 2.23. The van der Waals surface area contributed by atoms with E-state index in [2.05, 4.69) is 43.3 Å². The van der Waals surface area contributed by atoms with Crippen molar-refractivity contribution in [1.82, 2.24) is 0 Å². The van der Waals surface area contributed by atoms with Gasteiger partial charge in [-0.05, 0) is 18.9 Å². The second-order valence-corrected chi connectivity index (χ2v) is 3.91. The van der Waals surface area contributed by atoms with Gasteiger partial charge in [0.15, 0.2) is 0 Å².